The van der Waals surface area contributed by atoms with Gasteiger partial charge < -0.3 is 18.6 Å². The van der Waals surface area contributed by atoms with Crippen LogP contribution in [0.4, 0.5) is 0 Å². The zero-order chi connectivity index (χ0) is 19.8. The number of hydrogen-bond acceptors (Lipinski definition) is 6. The van der Waals surface area contributed by atoms with Crippen molar-refractivity contribution in [3.05, 3.63) is 46.5 Å². The van der Waals surface area contributed by atoms with Crippen LogP contribution in [0.5, 0.6) is 5.75 Å². The van der Waals surface area contributed by atoms with Crippen LogP contribution in [-0.2, 0) is 6.54 Å². The summed E-state index contributed by atoms with van der Waals surface area (Å²) in [4.78, 5) is 17.4. The van der Waals surface area contributed by atoms with Crippen LogP contribution in [0.25, 0.3) is 11.0 Å². The first-order valence-corrected chi connectivity index (χ1v) is 9.48. The number of furan rings is 1. The van der Waals surface area contributed by atoms with Crippen molar-refractivity contribution < 1.29 is 18.5 Å². The van der Waals surface area contributed by atoms with Crippen LogP contribution in [0.3, 0.4) is 0 Å². The van der Waals surface area contributed by atoms with Gasteiger partial charge in [-0.1, -0.05) is 5.16 Å². The molecular formula is C21H25N3O4. The van der Waals surface area contributed by atoms with Gasteiger partial charge in [-0.15, -0.1) is 0 Å². The maximum atomic E-state index is 13.2. The molecule has 1 aliphatic rings. The van der Waals surface area contributed by atoms with E-state index in [1.807, 2.05) is 43.9 Å². The van der Waals surface area contributed by atoms with Crippen molar-refractivity contribution in [3.8, 4) is 5.75 Å². The third-order valence-electron chi connectivity index (χ3n) is 5.51. The minimum atomic E-state index is 0.0153. The van der Waals surface area contributed by atoms with Gasteiger partial charge in [0.15, 0.2) is 0 Å². The number of methoxy groups -OCH3 is 1. The molecule has 2 aromatic heterocycles. The molecular weight excluding hydrogens is 358 g/mol. The Labute approximate surface area is 163 Å². The van der Waals surface area contributed by atoms with Gasteiger partial charge in [-0.3, -0.25) is 9.69 Å². The molecule has 0 unspecified atom stereocenters. The molecule has 1 amide bonds. The largest absolute Gasteiger partial charge is 0.497 e. The van der Waals surface area contributed by atoms with Crippen LogP contribution in [0.2, 0.25) is 0 Å². The van der Waals surface area contributed by atoms with Crippen molar-refractivity contribution >= 4 is 16.9 Å². The van der Waals surface area contributed by atoms with Crippen molar-refractivity contribution in [2.75, 3.05) is 33.3 Å². The number of aryl methyl sites for hydroxylation is 3. The van der Waals surface area contributed by atoms with Crippen LogP contribution in [0, 0.1) is 20.8 Å². The third kappa shape index (κ3) is 3.26. The fourth-order valence-corrected chi connectivity index (χ4v) is 3.81. The fourth-order valence-electron chi connectivity index (χ4n) is 3.81. The summed E-state index contributed by atoms with van der Waals surface area (Å²) in [5.74, 6) is 2.24. The van der Waals surface area contributed by atoms with Crippen molar-refractivity contribution in [2.45, 2.75) is 27.3 Å². The minimum absolute atomic E-state index is 0.0153. The average Bonchev–Trinajstić information content (AvgIpc) is 3.20. The number of ether oxygens (including phenoxy) is 1. The molecule has 1 fully saturated rings. The zero-order valence-electron chi connectivity index (χ0n) is 16.7. The van der Waals surface area contributed by atoms with Gasteiger partial charge in [0.1, 0.15) is 22.9 Å². The van der Waals surface area contributed by atoms with Crippen molar-refractivity contribution in [3.63, 3.8) is 0 Å². The smallest absolute Gasteiger partial charge is 0.258 e. The Morgan fingerprint density at radius 2 is 1.89 bits per heavy atom. The van der Waals surface area contributed by atoms with E-state index in [2.05, 4.69) is 10.1 Å². The number of hydrogen-bond donors (Lipinski definition) is 0. The summed E-state index contributed by atoms with van der Waals surface area (Å²) >= 11 is 0. The molecule has 0 saturated carbocycles. The Morgan fingerprint density at radius 3 is 2.54 bits per heavy atom. The quantitative estimate of drug-likeness (QED) is 0.688. The molecule has 0 bridgehead atoms. The molecule has 0 aliphatic carbocycles. The monoisotopic (exact) mass is 383 g/mol. The van der Waals surface area contributed by atoms with E-state index in [1.54, 1.807) is 7.11 Å². The maximum Gasteiger partial charge on any atom is 0.258 e. The molecule has 28 heavy (non-hydrogen) atoms. The molecule has 4 rings (SSSR count). The Bertz CT molecular complexity index is 993. The molecule has 0 N–H and O–H groups in total. The van der Waals surface area contributed by atoms with Gasteiger partial charge in [-0.05, 0) is 39.0 Å². The third-order valence-corrected chi connectivity index (χ3v) is 5.51. The average molecular weight is 383 g/mol. The highest BCUT2D eigenvalue weighted by Gasteiger charge is 2.27. The summed E-state index contributed by atoms with van der Waals surface area (Å²) in [6, 6.07) is 5.55. The highest BCUT2D eigenvalue weighted by molar-refractivity contribution is 6.07. The van der Waals surface area contributed by atoms with Crippen molar-refractivity contribution in [1.29, 1.82) is 0 Å². The Balaban J connectivity index is 1.48. The Kier molecular flexibility index (Phi) is 4.85. The van der Waals surface area contributed by atoms with E-state index >= 15 is 0 Å². The van der Waals surface area contributed by atoms with E-state index < -0.39 is 0 Å². The standard InChI is InChI=1S/C21H25N3O4/c1-13-18(14(2)28-22-13)12-23-7-9-24(10-8-23)21(25)20-15(3)27-19-6-5-16(26-4)11-17(19)20/h5-6,11H,7-10,12H2,1-4H3. The SMILES string of the molecule is COc1ccc2oc(C)c(C(=O)N3CCN(Cc4c(C)noc4C)CC3)c2c1. The predicted molar refractivity (Wildman–Crippen MR) is 105 cm³/mol. The predicted octanol–water partition coefficient (Wildman–Crippen LogP) is 3.31. The van der Waals surface area contributed by atoms with Crippen LogP contribution in [-0.4, -0.2) is 54.2 Å². The molecule has 1 aliphatic heterocycles. The summed E-state index contributed by atoms with van der Waals surface area (Å²) in [6.07, 6.45) is 0. The molecule has 3 heterocycles. The molecule has 3 aromatic rings. The number of rotatable bonds is 4. The molecule has 0 spiro atoms. The Hall–Kier alpha value is -2.80. The first-order chi connectivity index (χ1) is 13.5. The lowest BCUT2D eigenvalue weighted by Crippen LogP contribution is -2.48. The van der Waals surface area contributed by atoms with Gasteiger partial charge in [0.05, 0.1) is 18.4 Å². The van der Waals surface area contributed by atoms with Gasteiger partial charge in [-0.25, -0.2) is 0 Å². The summed E-state index contributed by atoms with van der Waals surface area (Å²) < 4.78 is 16.4. The molecule has 1 aromatic carbocycles. The summed E-state index contributed by atoms with van der Waals surface area (Å²) in [7, 11) is 1.62. The normalized spacial score (nSPS) is 15.4. The second-order valence-electron chi connectivity index (χ2n) is 7.27. The molecule has 0 atom stereocenters. The maximum absolute atomic E-state index is 13.2. The lowest BCUT2D eigenvalue weighted by molar-refractivity contribution is 0.0627. The number of aromatic nitrogens is 1. The lowest BCUT2D eigenvalue weighted by atomic mass is 10.1. The van der Waals surface area contributed by atoms with Gasteiger partial charge in [0.25, 0.3) is 5.91 Å². The van der Waals surface area contributed by atoms with Gasteiger partial charge in [-0.2, -0.15) is 0 Å². The topological polar surface area (TPSA) is 72.0 Å². The molecule has 7 heteroatoms. The number of nitrogens with zero attached hydrogens (tertiary/aromatic N) is 3. The van der Waals surface area contributed by atoms with Gasteiger partial charge in [0, 0.05) is 43.7 Å². The molecule has 7 nitrogen and oxygen atoms in total. The number of amides is 1. The van der Waals surface area contributed by atoms with Crippen LogP contribution < -0.4 is 4.74 Å². The molecule has 0 radical (unpaired) electrons. The fraction of sp³-hybridized carbons (Fsp3) is 0.429. The first-order valence-electron chi connectivity index (χ1n) is 9.48. The minimum Gasteiger partial charge on any atom is -0.497 e. The van der Waals surface area contributed by atoms with Gasteiger partial charge >= 0.3 is 0 Å². The molecule has 148 valence electrons. The summed E-state index contributed by atoms with van der Waals surface area (Å²) in [5, 5.41) is 4.83. The number of benzene rings is 1. The lowest BCUT2D eigenvalue weighted by Gasteiger charge is -2.34. The van der Waals surface area contributed by atoms with E-state index in [0.29, 0.717) is 35.7 Å². The van der Waals surface area contributed by atoms with E-state index in [-0.39, 0.29) is 5.91 Å². The van der Waals surface area contributed by atoms with E-state index in [0.717, 1.165) is 42.0 Å². The van der Waals surface area contributed by atoms with E-state index in [9.17, 15) is 4.79 Å². The summed E-state index contributed by atoms with van der Waals surface area (Å²) in [5.41, 5.74) is 3.42. The summed E-state index contributed by atoms with van der Waals surface area (Å²) in [6.45, 7) is 9.53. The number of carbonyl (C=O) groups excluding carboxylic acids is 1. The van der Waals surface area contributed by atoms with Crippen molar-refractivity contribution in [1.82, 2.24) is 15.0 Å². The van der Waals surface area contributed by atoms with Crippen LogP contribution >= 0.6 is 0 Å². The van der Waals surface area contributed by atoms with Crippen LogP contribution in [0.1, 0.15) is 33.1 Å². The number of piperazine rings is 1. The first kappa shape index (κ1) is 18.6. The number of carbonyl (C=O) groups is 1. The van der Waals surface area contributed by atoms with Crippen molar-refractivity contribution in [2.24, 2.45) is 0 Å². The highest BCUT2D eigenvalue weighted by Crippen LogP contribution is 2.30. The second-order valence-corrected chi connectivity index (χ2v) is 7.27. The van der Waals surface area contributed by atoms with Crippen LogP contribution in [0.15, 0.2) is 27.1 Å². The second kappa shape index (κ2) is 7.31. The van der Waals surface area contributed by atoms with E-state index in [4.69, 9.17) is 13.7 Å². The Morgan fingerprint density at radius 1 is 1.14 bits per heavy atom. The number of fused-ring (bicyclic) bond motifs is 1. The highest BCUT2D eigenvalue weighted by atomic mass is 16.5. The van der Waals surface area contributed by atoms with Gasteiger partial charge in [0.2, 0.25) is 0 Å². The zero-order valence-corrected chi connectivity index (χ0v) is 16.7. The molecule has 1 saturated heterocycles. The van der Waals surface area contributed by atoms with E-state index in [1.165, 1.54) is 0 Å².